The van der Waals surface area contributed by atoms with E-state index in [9.17, 15) is 13.2 Å². The van der Waals surface area contributed by atoms with Gasteiger partial charge in [0.2, 0.25) is 15.9 Å². The number of hydrogen-bond donors (Lipinski definition) is 1. The number of amides is 1. The molecule has 1 atom stereocenters. The summed E-state index contributed by atoms with van der Waals surface area (Å²) < 4.78 is 27.6. The van der Waals surface area contributed by atoms with Gasteiger partial charge < -0.3 is 5.32 Å². The molecule has 0 bridgehead atoms. The molecule has 150 valence electrons. The Morgan fingerprint density at radius 3 is 2.37 bits per heavy atom. The van der Waals surface area contributed by atoms with E-state index in [0.29, 0.717) is 37.1 Å². The third-order valence-corrected chi connectivity index (χ3v) is 7.90. The fourth-order valence-corrected chi connectivity index (χ4v) is 5.75. The largest absolute Gasteiger partial charge is 0.352 e. The van der Waals surface area contributed by atoms with Gasteiger partial charge in [0.25, 0.3) is 0 Å². The fourth-order valence-electron chi connectivity index (χ4n) is 4.01. The first kappa shape index (κ1) is 20.3. The Hall–Kier alpha value is -1.44. The average Bonchev–Trinajstić information content (AvgIpc) is 3.16. The highest BCUT2D eigenvalue weighted by molar-refractivity contribution is 7.89. The molecule has 3 rings (SSSR count). The summed E-state index contributed by atoms with van der Waals surface area (Å²) >= 11 is 0. The summed E-state index contributed by atoms with van der Waals surface area (Å²) in [6.45, 7) is 7.62. The van der Waals surface area contributed by atoms with E-state index >= 15 is 0 Å². The number of sulfonamides is 1. The highest BCUT2D eigenvalue weighted by atomic mass is 32.2. The summed E-state index contributed by atoms with van der Waals surface area (Å²) in [5.74, 6) is 0.0627. The molecule has 0 radical (unpaired) electrons. The van der Waals surface area contributed by atoms with E-state index in [0.717, 1.165) is 24.0 Å². The van der Waals surface area contributed by atoms with Crippen molar-refractivity contribution in [3.63, 3.8) is 0 Å². The van der Waals surface area contributed by atoms with Gasteiger partial charge in [-0.05, 0) is 50.8 Å². The third-order valence-electron chi connectivity index (χ3n) is 5.86. The summed E-state index contributed by atoms with van der Waals surface area (Å²) in [5.41, 5.74) is 1.71. The molecule has 27 heavy (non-hydrogen) atoms. The Kier molecular flexibility index (Phi) is 6.23. The highest BCUT2D eigenvalue weighted by Crippen LogP contribution is 2.23. The standard InChI is InChI=1S/C20H31N3O3S/c1-15-8-9-16(2)19(14-15)27(25,26)23-12-10-22(11-13-23)17(3)20(24)21-18-6-4-5-7-18/h8-9,14,17-18H,4-7,10-13H2,1-3H3,(H,21,24)/t17-/m1/s1. The zero-order valence-electron chi connectivity index (χ0n) is 16.6. The van der Waals surface area contributed by atoms with E-state index in [4.69, 9.17) is 0 Å². The molecule has 1 heterocycles. The molecule has 0 spiro atoms. The number of rotatable bonds is 5. The van der Waals surface area contributed by atoms with Crippen molar-refractivity contribution < 1.29 is 13.2 Å². The molecular formula is C20H31N3O3S. The van der Waals surface area contributed by atoms with Crippen LogP contribution in [0.4, 0.5) is 0 Å². The van der Waals surface area contributed by atoms with E-state index in [1.54, 1.807) is 10.4 Å². The van der Waals surface area contributed by atoms with Crippen molar-refractivity contribution in [3.05, 3.63) is 29.3 Å². The number of nitrogens with one attached hydrogen (secondary N) is 1. The number of carbonyl (C=O) groups excluding carboxylic acids is 1. The van der Waals surface area contributed by atoms with E-state index < -0.39 is 10.0 Å². The SMILES string of the molecule is Cc1ccc(C)c(S(=O)(=O)N2CCN([C@H](C)C(=O)NC3CCCC3)CC2)c1. The smallest absolute Gasteiger partial charge is 0.243 e. The third kappa shape index (κ3) is 4.52. The lowest BCUT2D eigenvalue weighted by Crippen LogP contribution is -2.55. The van der Waals surface area contributed by atoms with E-state index in [-0.39, 0.29) is 11.9 Å². The van der Waals surface area contributed by atoms with Crippen LogP contribution in [-0.4, -0.2) is 61.8 Å². The molecule has 1 saturated carbocycles. The number of piperazine rings is 1. The summed E-state index contributed by atoms with van der Waals surface area (Å²) in [6, 6.07) is 5.61. The first-order valence-electron chi connectivity index (χ1n) is 9.91. The molecule has 1 aromatic rings. The van der Waals surface area contributed by atoms with Crippen molar-refractivity contribution in [2.24, 2.45) is 0 Å². The molecule has 1 N–H and O–H groups in total. The number of aryl methyl sites for hydroxylation is 2. The highest BCUT2D eigenvalue weighted by Gasteiger charge is 2.33. The number of benzene rings is 1. The quantitative estimate of drug-likeness (QED) is 0.831. The van der Waals surface area contributed by atoms with Crippen LogP contribution in [0.5, 0.6) is 0 Å². The second kappa shape index (κ2) is 8.29. The first-order chi connectivity index (χ1) is 12.8. The van der Waals surface area contributed by atoms with Crippen LogP contribution < -0.4 is 5.32 Å². The molecule has 6 nitrogen and oxygen atoms in total. The van der Waals surface area contributed by atoms with Crippen molar-refractivity contribution in [1.29, 1.82) is 0 Å². The van der Waals surface area contributed by atoms with Gasteiger partial charge in [0.1, 0.15) is 0 Å². The van der Waals surface area contributed by atoms with E-state index in [1.165, 1.54) is 12.8 Å². The average molecular weight is 394 g/mol. The molecular weight excluding hydrogens is 362 g/mol. The van der Waals surface area contributed by atoms with Gasteiger partial charge in [0.05, 0.1) is 10.9 Å². The summed E-state index contributed by atoms with van der Waals surface area (Å²) in [7, 11) is -3.50. The van der Waals surface area contributed by atoms with Crippen LogP contribution in [0.3, 0.4) is 0 Å². The molecule has 1 aromatic carbocycles. The van der Waals surface area contributed by atoms with Crippen LogP contribution in [0.25, 0.3) is 0 Å². The normalized spacial score (nSPS) is 21.3. The fraction of sp³-hybridized carbons (Fsp3) is 0.650. The van der Waals surface area contributed by atoms with Gasteiger partial charge in [0.15, 0.2) is 0 Å². The van der Waals surface area contributed by atoms with Gasteiger partial charge in [-0.25, -0.2) is 8.42 Å². The Balaban J connectivity index is 1.60. The first-order valence-corrected chi connectivity index (χ1v) is 11.3. The van der Waals surface area contributed by atoms with Crippen LogP contribution in [0.2, 0.25) is 0 Å². The van der Waals surface area contributed by atoms with E-state index in [2.05, 4.69) is 10.2 Å². The lowest BCUT2D eigenvalue weighted by molar-refractivity contribution is -0.127. The predicted molar refractivity (Wildman–Crippen MR) is 106 cm³/mol. The van der Waals surface area contributed by atoms with Crippen LogP contribution >= 0.6 is 0 Å². The van der Waals surface area contributed by atoms with Crippen LogP contribution in [0.1, 0.15) is 43.7 Å². The van der Waals surface area contributed by atoms with Crippen molar-refractivity contribution in [2.45, 2.75) is 63.4 Å². The minimum atomic E-state index is -3.50. The second-order valence-corrected chi connectivity index (χ2v) is 9.78. The Morgan fingerprint density at radius 1 is 1.11 bits per heavy atom. The topological polar surface area (TPSA) is 69.7 Å². The molecule has 2 aliphatic rings. The number of carbonyl (C=O) groups is 1. The van der Waals surface area contributed by atoms with Crippen LogP contribution in [0.15, 0.2) is 23.1 Å². The molecule has 2 fully saturated rings. The van der Waals surface area contributed by atoms with E-state index in [1.807, 2.05) is 32.9 Å². The lowest BCUT2D eigenvalue weighted by atomic mass is 10.2. The minimum absolute atomic E-state index is 0.0627. The maximum Gasteiger partial charge on any atom is 0.243 e. The Bertz CT molecular complexity index is 780. The summed E-state index contributed by atoms with van der Waals surface area (Å²) in [6.07, 6.45) is 4.52. The molecule has 1 saturated heterocycles. The monoisotopic (exact) mass is 393 g/mol. The molecule has 7 heteroatoms. The van der Waals surface area contributed by atoms with Crippen LogP contribution in [-0.2, 0) is 14.8 Å². The molecule has 1 aliphatic carbocycles. The van der Waals surface area contributed by atoms with Crippen LogP contribution in [0, 0.1) is 13.8 Å². The van der Waals surface area contributed by atoms with Gasteiger partial charge >= 0.3 is 0 Å². The van der Waals surface area contributed by atoms with Crippen molar-refractivity contribution >= 4 is 15.9 Å². The summed E-state index contributed by atoms with van der Waals surface area (Å²) in [5, 5.41) is 3.14. The molecule has 1 amide bonds. The molecule has 0 unspecified atom stereocenters. The second-order valence-electron chi connectivity index (χ2n) is 7.87. The zero-order chi connectivity index (χ0) is 19.6. The zero-order valence-corrected chi connectivity index (χ0v) is 17.4. The van der Waals surface area contributed by atoms with Gasteiger partial charge in [-0.15, -0.1) is 0 Å². The lowest BCUT2D eigenvalue weighted by Gasteiger charge is -2.37. The Morgan fingerprint density at radius 2 is 1.74 bits per heavy atom. The molecule has 1 aliphatic heterocycles. The van der Waals surface area contributed by atoms with Gasteiger partial charge in [0, 0.05) is 32.2 Å². The Labute approximate surface area is 163 Å². The van der Waals surface area contributed by atoms with Crippen molar-refractivity contribution in [2.75, 3.05) is 26.2 Å². The van der Waals surface area contributed by atoms with Crippen molar-refractivity contribution in [3.8, 4) is 0 Å². The van der Waals surface area contributed by atoms with Gasteiger partial charge in [-0.1, -0.05) is 25.0 Å². The maximum atomic E-state index is 13.0. The van der Waals surface area contributed by atoms with Crippen molar-refractivity contribution in [1.82, 2.24) is 14.5 Å². The predicted octanol–water partition coefficient (Wildman–Crippen LogP) is 2.06. The minimum Gasteiger partial charge on any atom is -0.352 e. The summed E-state index contributed by atoms with van der Waals surface area (Å²) in [4.78, 5) is 15.0. The maximum absolute atomic E-state index is 13.0. The number of nitrogens with zero attached hydrogens (tertiary/aromatic N) is 2. The van der Waals surface area contributed by atoms with Gasteiger partial charge in [-0.2, -0.15) is 4.31 Å². The molecule has 0 aromatic heterocycles. The van der Waals surface area contributed by atoms with Gasteiger partial charge in [-0.3, -0.25) is 9.69 Å². The number of hydrogen-bond acceptors (Lipinski definition) is 4.